The van der Waals surface area contributed by atoms with Gasteiger partial charge in [-0.05, 0) is 29.7 Å². The molecule has 0 aromatic heterocycles. The highest BCUT2D eigenvalue weighted by molar-refractivity contribution is 5.85. The van der Waals surface area contributed by atoms with Gasteiger partial charge in [0.05, 0.1) is 0 Å². The minimum atomic E-state index is 0. The summed E-state index contributed by atoms with van der Waals surface area (Å²) in [6, 6.07) is 0. The number of hydrogen-bond acceptors (Lipinski definition) is 1. The minimum absolute atomic E-state index is 0. The second kappa shape index (κ2) is 4.18. The van der Waals surface area contributed by atoms with Crippen LogP contribution in [0.2, 0.25) is 0 Å². The maximum Gasteiger partial charge on any atom is -0.00180 e. The molecule has 2 unspecified atom stereocenters. The van der Waals surface area contributed by atoms with Gasteiger partial charge in [-0.2, -0.15) is 0 Å². The summed E-state index contributed by atoms with van der Waals surface area (Å²) in [5.41, 5.74) is 6.66. The van der Waals surface area contributed by atoms with E-state index in [1.165, 1.54) is 19.3 Å². The van der Waals surface area contributed by atoms with Crippen LogP contribution in [0, 0.1) is 16.7 Å². The summed E-state index contributed by atoms with van der Waals surface area (Å²) >= 11 is 0. The van der Waals surface area contributed by atoms with Gasteiger partial charge in [-0.1, -0.05) is 40.5 Å². The summed E-state index contributed by atoms with van der Waals surface area (Å²) in [5, 5.41) is 0. The van der Waals surface area contributed by atoms with E-state index in [9.17, 15) is 0 Å². The molecule has 1 aliphatic carbocycles. The van der Waals surface area contributed by atoms with Gasteiger partial charge in [0.15, 0.2) is 0 Å². The third kappa shape index (κ3) is 2.02. The van der Waals surface area contributed by atoms with Gasteiger partial charge in [0, 0.05) is 0 Å². The molecule has 13 heavy (non-hydrogen) atoms. The van der Waals surface area contributed by atoms with Gasteiger partial charge in [-0.15, -0.1) is 12.4 Å². The molecule has 2 N–H and O–H groups in total. The first-order valence-corrected chi connectivity index (χ1v) is 5.14. The Morgan fingerprint density at radius 1 is 1.31 bits per heavy atom. The van der Waals surface area contributed by atoms with Crippen LogP contribution >= 0.6 is 12.4 Å². The van der Waals surface area contributed by atoms with Gasteiger partial charge in [-0.3, -0.25) is 0 Å². The van der Waals surface area contributed by atoms with E-state index < -0.39 is 0 Å². The lowest BCUT2D eigenvalue weighted by atomic mass is 9.54. The van der Waals surface area contributed by atoms with Crippen molar-refractivity contribution in [3.8, 4) is 0 Å². The first kappa shape index (κ1) is 13.2. The summed E-state index contributed by atoms with van der Waals surface area (Å²) in [5.74, 6) is 0.819. The van der Waals surface area contributed by atoms with E-state index in [1.807, 2.05) is 0 Å². The predicted octanol–water partition coefficient (Wildman–Crippen LogP) is 3.22. The van der Waals surface area contributed by atoms with Crippen LogP contribution in [-0.2, 0) is 0 Å². The molecule has 0 aromatic rings. The van der Waals surface area contributed by atoms with E-state index in [4.69, 9.17) is 5.73 Å². The van der Waals surface area contributed by atoms with Crippen molar-refractivity contribution < 1.29 is 0 Å². The second-order valence-electron chi connectivity index (χ2n) is 5.28. The third-order valence-electron chi connectivity index (χ3n) is 4.60. The Hall–Kier alpha value is 0.250. The second-order valence-corrected chi connectivity index (χ2v) is 5.28. The molecule has 0 aliphatic heterocycles. The molecular formula is C11H24ClN. The minimum Gasteiger partial charge on any atom is -0.330 e. The highest BCUT2D eigenvalue weighted by atomic mass is 35.5. The van der Waals surface area contributed by atoms with Crippen molar-refractivity contribution in [3.63, 3.8) is 0 Å². The fraction of sp³-hybridized carbons (Fsp3) is 1.00. The summed E-state index contributed by atoms with van der Waals surface area (Å²) in [6.45, 7) is 10.3. The highest BCUT2D eigenvalue weighted by Crippen LogP contribution is 2.52. The lowest BCUT2D eigenvalue weighted by Crippen LogP contribution is -2.47. The van der Waals surface area contributed by atoms with E-state index >= 15 is 0 Å². The zero-order chi connectivity index (χ0) is 9.41. The lowest BCUT2D eigenvalue weighted by Gasteiger charge is -2.51. The molecular weight excluding hydrogens is 182 g/mol. The molecule has 80 valence electrons. The molecule has 2 atom stereocenters. The maximum absolute atomic E-state index is 5.88. The molecule has 0 radical (unpaired) electrons. The average molecular weight is 206 g/mol. The monoisotopic (exact) mass is 205 g/mol. The van der Waals surface area contributed by atoms with Crippen molar-refractivity contribution in [1.29, 1.82) is 0 Å². The van der Waals surface area contributed by atoms with Gasteiger partial charge in [-0.25, -0.2) is 0 Å². The molecule has 0 saturated heterocycles. The van der Waals surface area contributed by atoms with Gasteiger partial charge in [0.25, 0.3) is 0 Å². The van der Waals surface area contributed by atoms with E-state index in [2.05, 4.69) is 27.7 Å². The topological polar surface area (TPSA) is 26.0 Å². The molecule has 1 saturated carbocycles. The van der Waals surface area contributed by atoms with Crippen LogP contribution in [0.3, 0.4) is 0 Å². The zero-order valence-electron chi connectivity index (χ0n) is 9.39. The molecule has 0 amide bonds. The summed E-state index contributed by atoms with van der Waals surface area (Å²) in [6.07, 6.45) is 4.04. The number of halogens is 1. The van der Waals surface area contributed by atoms with Gasteiger partial charge in [0.2, 0.25) is 0 Å². The Morgan fingerprint density at radius 2 is 1.85 bits per heavy atom. The number of nitrogens with two attached hydrogens (primary N) is 1. The van der Waals surface area contributed by atoms with Crippen LogP contribution in [0.4, 0.5) is 0 Å². The van der Waals surface area contributed by atoms with Crippen LogP contribution in [0.25, 0.3) is 0 Å². The molecule has 0 bridgehead atoms. The molecule has 0 aromatic carbocycles. The summed E-state index contributed by atoms with van der Waals surface area (Å²) < 4.78 is 0. The van der Waals surface area contributed by atoms with Crippen molar-refractivity contribution in [3.05, 3.63) is 0 Å². The fourth-order valence-electron chi connectivity index (χ4n) is 2.44. The van der Waals surface area contributed by atoms with E-state index in [0.717, 1.165) is 12.5 Å². The first-order chi connectivity index (χ1) is 5.44. The van der Waals surface area contributed by atoms with Crippen molar-refractivity contribution in [2.75, 3.05) is 6.54 Å². The Morgan fingerprint density at radius 3 is 2.23 bits per heavy atom. The van der Waals surface area contributed by atoms with Gasteiger partial charge < -0.3 is 5.73 Å². The fourth-order valence-corrected chi connectivity index (χ4v) is 2.44. The Labute approximate surface area is 88.9 Å². The Kier molecular flexibility index (Phi) is 4.26. The van der Waals surface area contributed by atoms with E-state index in [-0.39, 0.29) is 12.4 Å². The number of rotatable bonds is 1. The van der Waals surface area contributed by atoms with Crippen molar-refractivity contribution in [2.24, 2.45) is 22.5 Å². The molecule has 1 rings (SSSR count). The molecule has 1 aliphatic rings. The smallest absolute Gasteiger partial charge is 0.00180 e. The van der Waals surface area contributed by atoms with Crippen LogP contribution in [0.15, 0.2) is 0 Å². The van der Waals surface area contributed by atoms with Crippen molar-refractivity contribution in [2.45, 2.75) is 47.0 Å². The van der Waals surface area contributed by atoms with Crippen molar-refractivity contribution >= 4 is 12.4 Å². The van der Waals surface area contributed by atoms with Crippen LogP contribution in [-0.4, -0.2) is 6.54 Å². The molecule has 0 spiro atoms. The van der Waals surface area contributed by atoms with Gasteiger partial charge >= 0.3 is 0 Å². The quantitative estimate of drug-likeness (QED) is 0.699. The third-order valence-corrected chi connectivity index (χ3v) is 4.60. The standard InChI is InChI=1S/C11H23N.ClH/c1-9-6-5-7-11(4,8-12)10(9,2)3;/h9H,5-8,12H2,1-4H3;1H. The van der Waals surface area contributed by atoms with Crippen LogP contribution in [0.1, 0.15) is 47.0 Å². The highest BCUT2D eigenvalue weighted by Gasteiger charge is 2.45. The van der Waals surface area contributed by atoms with E-state index in [1.54, 1.807) is 0 Å². The average Bonchev–Trinajstić information content (AvgIpc) is 2.01. The molecule has 1 nitrogen and oxygen atoms in total. The number of hydrogen-bond donors (Lipinski definition) is 1. The SMILES string of the molecule is CC1CCCC(C)(CN)C1(C)C.Cl. The Balaban J connectivity index is 0.00000144. The molecule has 2 heteroatoms. The van der Waals surface area contributed by atoms with Gasteiger partial charge in [0.1, 0.15) is 0 Å². The largest absolute Gasteiger partial charge is 0.330 e. The maximum atomic E-state index is 5.88. The molecule has 0 heterocycles. The van der Waals surface area contributed by atoms with Crippen molar-refractivity contribution in [1.82, 2.24) is 0 Å². The predicted molar refractivity (Wildman–Crippen MR) is 61.2 cm³/mol. The van der Waals surface area contributed by atoms with E-state index in [0.29, 0.717) is 10.8 Å². The normalized spacial score (nSPS) is 38.1. The first-order valence-electron chi connectivity index (χ1n) is 5.14. The summed E-state index contributed by atoms with van der Waals surface area (Å²) in [4.78, 5) is 0. The molecule has 1 fully saturated rings. The van der Waals surface area contributed by atoms with Crippen LogP contribution < -0.4 is 5.73 Å². The van der Waals surface area contributed by atoms with Crippen LogP contribution in [0.5, 0.6) is 0 Å². The Bertz CT molecular complexity index is 165. The zero-order valence-corrected chi connectivity index (χ0v) is 10.2. The summed E-state index contributed by atoms with van der Waals surface area (Å²) in [7, 11) is 0. The lowest BCUT2D eigenvalue weighted by molar-refractivity contribution is -0.00821.